The number of carboxylic acids is 1. The van der Waals surface area contributed by atoms with Gasteiger partial charge < -0.3 is 15.2 Å². The van der Waals surface area contributed by atoms with E-state index in [-0.39, 0.29) is 11.3 Å². The number of carbonyl (C=O) groups excluding carboxylic acids is 1. The van der Waals surface area contributed by atoms with Crippen LogP contribution in [-0.2, 0) is 0 Å². The van der Waals surface area contributed by atoms with Gasteiger partial charge in [-0.15, -0.1) is 0 Å². The van der Waals surface area contributed by atoms with E-state index in [1.807, 2.05) is 6.92 Å². The molecule has 1 aromatic heterocycles. The van der Waals surface area contributed by atoms with Crippen LogP contribution in [0.25, 0.3) is 0 Å². The van der Waals surface area contributed by atoms with Gasteiger partial charge in [0.2, 0.25) is 0 Å². The van der Waals surface area contributed by atoms with Crippen molar-refractivity contribution in [1.29, 1.82) is 0 Å². The zero-order valence-electron chi connectivity index (χ0n) is 12.4. The normalized spacial score (nSPS) is 10.2. The molecule has 1 aromatic carbocycles. The Hall–Kier alpha value is -2.60. The quantitative estimate of drug-likeness (QED) is 0.844. The molecule has 2 rings (SSSR count). The summed E-state index contributed by atoms with van der Waals surface area (Å²) in [4.78, 5) is 26.9. The fourth-order valence-electron chi connectivity index (χ4n) is 1.82. The van der Waals surface area contributed by atoms with Gasteiger partial charge in [0, 0.05) is 16.8 Å². The van der Waals surface area contributed by atoms with Crippen LogP contribution in [0.15, 0.2) is 36.5 Å². The minimum absolute atomic E-state index is 0.179. The number of halogens is 1. The molecule has 6 nitrogen and oxygen atoms in total. The third kappa shape index (κ3) is 4.43. The molecule has 23 heavy (non-hydrogen) atoms. The van der Waals surface area contributed by atoms with E-state index in [1.54, 1.807) is 18.2 Å². The number of hydrogen-bond acceptors (Lipinski definition) is 4. The molecule has 1 heterocycles. The van der Waals surface area contributed by atoms with Crippen molar-refractivity contribution >= 4 is 29.2 Å². The minimum atomic E-state index is -1.20. The molecule has 0 saturated carbocycles. The Labute approximate surface area is 138 Å². The van der Waals surface area contributed by atoms with Gasteiger partial charge in [0.05, 0.1) is 12.3 Å². The molecule has 0 spiro atoms. The number of pyridine rings is 1. The summed E-state index contributed by atoms with van der Waals surface area (Å²) in [6, 6.07) is 7.54. The number of carboxylic acid groups (broad SMARTS) is 1. The van der Waals surface area contributed by atoms with E-state index in [0.29, 0.717) is 23.1 Å². The van der Waals surface area contributed by atoms with E-state index >= 15 is 0 Å². The van der Waals surface area contributed by atoms with Crippen molar-refractivity contribution in [2.75, 3.05) is 11.9 Å². The van der Waals surface area contributed by atoms with Crippen LogP contribution in [0, 0.1) is 0 Å². The molecule has 2 aromatic rings. The Morgan fingerprint density at radius 1 is 1.30 bits per heavy atom. The Balaban J connectivity index is 2.24. The smallest absolute Gasteiger partial charge is 0.354 e. The predicted octanol–water partition coefficient (Wildman–Crippen LogP) is 3.47. The van der Waals surface area contributed by atoms with Crippen molar-refractivity contribution < 1.29 is 19.4 Å². The number of amides is 1. The average molecular weight is 335 g/mol. The lowest BCUT2D eigenvalue weighted by atomic mass is 10.2. The van der Waals surface area contributed by atoms with Crippen molar-refractivity contribution in [2.24, 2.45) is 0 Å². The monoisotopic (exact) mass is 334 g/mol. The molecule has 0 unspecified atom stereocenters. The highest BCUT2D eigenvalue weighted by atomic mass is 35.5. The molecule has 0 atom stereocenters. The number of ether oxygens (including phenoxy) is 1. The van der Waals surface area contributed by atoms with Gasteiger partial charge in [0.15, 0.2) is 0 Å². The molecule has 0 radical (unpaired) electrons. The molecule has 0 aliphatic carbocycles. The summed E-state index contributed by atoms with van der Waals surface area (Å²) in [6.07, 6.45) is 2.09. The predicted molar refractivity (Wildman–Crippen MR) is 86.4 cm³/mol. The summed E-state index contributed by atoms with van der Waals surface area (Å²) >= 11 is 5.95. The van der Waals surface area contributed by atoms with Crippen molar-refractivity contribution in [1.82, 2.24) is 4.98 Å². The molecule has 2 N–H and O–H groups in total. The summed E-state index contributed by atoms with van der Waals surface area (Å²) in [6.45, 7) is 2.47. The van der Waals surface area contributed by atoms with E-state index in [1.165, 1.54) is 18.3 Å². The van der Waals surface area contributed by atoms with Gasteiger partial charge in [-0.25, -0.2) is 9.78 Å². The van der Waals surface area contributed by atoms with Crippen molar-refractivity contribution in [3.63, 3.8) is 0 Å². The Bertz CT molecular complexity index is 734. The SMILES string of the molecule is CCCOc1ccc(Cl)cc1NC(=O)c1ccnc(C(=O)O)c1. The topological polar surface area (TPSA) is 88.5 Å². The number of rotatable bonds is 6. The third-order valence-corrected chi connectivity index (χ3v) is 3.13. The van der Waals surface area contributed by atoms with Crippen LogP contribution in [-0.4, -0.2) is 28.6 Å². The fraction of sp³-hybridized carbons (Fsp3) is 0.188. The lowest BCUT2D eigenvalue weighted by Gasteiger charge is -2.12. The second-order valence-electron chi connectivity index (χ2n) is 4.68. The maximum absolute atomic E-state index is 12.3. The first-order valence-electron chi connectivity index (χ1n) is 6.94. The number of hydrogen-bond donors (Lipinski definition) is 2. The lowest BCUT2D eigenvalue weighted by Crippen LogP contribution is -2.14. The molecule has 7 heteroatoms. The summed E-state index contributed by atoms with van der Waals surface area (Å²) in [7, 11) is 0. The third-order valence-electron chi connectivity index (χ3n) is 2.89. The van der Waals surface area contributed by atoms with Gasteiger partial charge in [-0.3, -0.25) is 4.79 Å². The van der Waals surface area contributed by atoms with E-state index in [4.69, 9.17) is 21.4 Å². The van der Waals surface area contributed by atoms with Crippen molar-refractivity contribution in [3.8, 4) is 5.75 Å². The fourth-order valence-corrected chi connectivity index (χ4v) is 1.99. The van der Waals surface area contributed by atoms with Crippen LogP contribution >= 0.6 is 11.6 Å². The van der Waals surface area contributed by atoms with E-state index in [9.17, 15) is 9.59 Å². The summed E-state index contributed by atoms with van der Waals surface area (Å²) in [5.41, 5.74) is 0.398. The Morgan fingerprint density at radius 3 is 2.78 bits per heavy atom. The largest absolute Gasteiger partial charge is 0.491 e. The highest BCUT2D eigenvalue weighted by Gasteiger charge is 2.13. The van der Waals surface area contributed by atoms with Gasteiger partial charge in [-0.1, -0.05) is 18.5 Å². The van der Waals surface area contributed by atoms with Gasteiger partial charge in [-0.2, -0.15) is 0 Å². The molecule has 0 aliphatic heterocycles. The number of aromatic nitrogens is 1. The number of carbonyl (C=O) groups is 2. The first-order chi connectivity index (χ1) is 11.0. The second-order valence-corrected chi connectivity index (χ2v) is 5.11. The number of anilines is 1. The average Bonchev–Trinajstić information content (AvgIpc) is 2.54. The molecule has 1 amide bonds. The summed E-state index contributed by atoms with van der Waals surface area (Å²) in [5.74, 6) is -1.18. The lowest BCUT2D eigenvalue weighted by molar-refractivity contribution is 0.0690. The van der Waals surface area contributed by atoms with Crippen molar-refractivity contribution in [3.05, 3.63) is 52.8 Å². The maximum Gasteiger partial charge on any atom is 0.354 e. The minimum Gasteiger partial charge on any atom is -0.491 e. The van der Waals surface area contributed by atoms with Crippen LogP contribution in [0.4, 0.5) is 5.69 Å². The molecular formula is C16H15ClN2O4. The van der Waals surface area contributed by atoms with Crippen LogP contribution in [0.5, 0.6) is 5.75 Å². The summed E-state index contributed by atoms with van der Waals surface area (Å²) < 4.78 is 5.56. The van der Waals surface area contributed by atoms with Gasteiger partial charge in [-0.05, 0) is 36.8 Å². The molecule has 0 fully saturated rings. The molecule has 120 valence electrons. The van der Waals surface area contributed by atoms with E-state index in [0.717, 1.165) is 6.42 Å². The zero-order chi connectivity index (χ0) is 16.8. The van der Waals surface area contributed by atoms with Gasteiger partial charge in [0.25, 0.3) is 5.91 Å². The second kappa shape index (κ2) is 7.60. The van der Waals surface area contributed by atoms with Crippen LogP contribution in [0.2, 0.25) is 5.02 Å². The van der Waals surface area contributed by atoms with Crippen LogP contribution in [0.1, 0.15) is 34.2 Å². The van der Waals surface area contributed by atoms with E-state index < -0.39 is 11.9 Å². The highest BCUT2D eigenvalue weighted by molar-refractivity contribution is 6.31. The molecule has 0 bridgehead atoms. The number of nitrogens with one attached hydrogen (secondary N) is 1. The molecule has 0 aliphatic rings. The molecule has 0 saturated heterocycles. The number of aromatic carboxylic acids is 1. The highest BCUT2D eigenvalue weighted by Crippen LogP contribution is 2.28. The standard InChI is InChI=1S/C16H15ClN2O4/c1-2-7-23-14-4-3-11(17)9-12(14)19-15(20)10-5-6-18-13(8-10)16(21)22/h3-6,8-9H,2,7H2,1H3,(H,19,20)(H,21,22). The molecular weight excluding hydrogens is 320 g/mol. The van der Waals surface area contributed by atoms with E-state index in [2.05, 4.69) is 10.3 Å². The van der Waals surface area contributed by atoms with Crippen LogP contribution in [0.3, 0.4) is 0 Å². The zero-order valence-corrected chi connectivity index (χ0v) is 13.1. The van der Waals surface area contributed by atoms with Crippen molar-refractivity contribution in [2.45, 2.75) is 13.3 Å². The number of benzene rings is 1. The first-order valence-corrected chi connectivity index (χ1v) is 7.32. The van der Waals surface area contributed by atoms with Gasteiger partial charge in [0.1, 0.15) is 11.4 Å². The van der Waals surface area contributed by atoms with Gasteiger partial charge >= 0.3 is 5.97 Å². The Kier molecular flexibility index (Phi) is 5.54. The number of nitrogens with zero attached hydrogens (tertiary/aromatic N) is 1. The van der Waals surface area contributed by atoms with Crippen LogP contribution < -0.4 is 10.1 Å². The maximum atomic E-state index is 12.3. The first kappa shape index (κ1) is 16.8. The Morgan fingerprint density at radius 2 is 2.09 bits per heavy atom. The summed E-state index contributed by atoms with van der Waals surface area (Å²) in [5, 5.41) is 12.0.